The molecule has 9 heteroatoms. The molecule has 5 nitrogen and oxygen atoms in total. The fourth-order valence-electron chi connectivity index (χ4n) is 2.69. The zero-order chi connectivity index (χ0) is 20.4. The molecule has 2 aromatic heterocycles. The van der Waals surface area contributed by atoms with E-state index in [1.807, 2.05) is 5.38 Å². The van der Waals surface area contributed by atoms with Gasteiger partial charge >= 0.3 is 0 Å². The lowest BCUT2D eigenvalue weighted by molar-refractivity contribution is -0.113. The van der Waals surface area contributed by atoms with Crippen molar-refractivity contribution in [3.8, 4) is 5.69 Å². The second-order valence-corrected chi connectivity index (χ2v) is 8.67. The van der Waals surface area contributed by atoms with Crippen LogP contribution in [0, 0.1) is 0 Å². The summed E-state index contributed by atoms with van der Waals surface area (Å²) >= 11 is 14.6. The molecular weight excluding hydrogens is 449 g/mol. The third-order valence-corrected chi connectivity index (χ3v) is 6.43. The van der Waals surface area contributed by atoms with Gasteiger partial charge in [-0.2, -0.15) is 0 Å². The summed E-state index contributed by atoms with van der Waals surface area (Å²) in [5.74, 6) is -0.175. The molecule has 0 atom stereocenters. The second-order valence-electron chi connectivity index (χ2n) is 5.96. The first-order valence-electron chi connectivity index (χ1n) is 8.46. The first-order valence-corrected chi connectivity index (χ1v) is 11.1. The fourth-order valence-corrected chi connectivity index (χ4v) is 4.57. The van der Waals surface area contributed by atoms with E-state index in [-0.39, 0.29) is 17.2 Å². The number of nitrogens with one attached hydrogen (secondary N) is 1. The highest BCUT2D eigenvalue weighted by molar-refractivity contribution is 7.99. The van der Waals surface area contributed by atoms with Gasteiger partial charge in [-0.25, -0.2) is 4.98 Å². The topological polar surface area (TPSA) is 64.0 Å². The molecule has 0 bridgehead atoms. The van der Waals surface area contributed by atoms with Crippen LogP contribution in [0.5, 0.6) is 0 Å². The van der Waals surface area contributed by atoms with Crippen LogP contribution < -0.4 is 10.9 Å². The maximum atomic E-state index is 13.0. The molecule has 1 amide bonds. The van der Waals surface area contributed by atoms with Crippen LogP contribution in [0.4, 0.5) is 5.69 Å². The quantitative estimate of drug-likeness (QED) is 0.315. The Hall–Kier alpha value is -2.32. The molecule has 4 rings (SSSR count). The van der Waals surface area contributed by atoms with Crippen LogP contribution in [0.25, 0.3) is 15.9 Å². The van der Waals surface area contributed by atoms with Gasteiger partial charge in [-0.1, -0.05) is 47.1 Å². The number of hydrogen-bond acceptors (Lipinski definition) is 5. The number of carbonyl (C=O) groups excluding carboxylic acids is 1. The van der Waals surface area contributed by atoms with Crippen molar-refractivity contribution in [3.63, 3.8) is 0 Å². The van der Waals surface area contributed by atoms with E-state index in [0.29, 0.717) is 36.8 Å². The number of amides is 1. The number of para-hydroxylation sites is 1. The van der Waals surface area contributed by atoms with Gasteiger partial charge < -0.3 is 5.32 Å². The molecule has 0 aliphatic rings. The minimum Gasteiger partial charge on any atom is -0.324 e. The first-order chi connectivity index (χ1) is 14.0. The molecule has 0 fully saturated rings. The molecule has 4 aromatic rings. The smallest absolute Gasteiger partial charge is 0.276 e. The van der Waals surface area contributed by atoms with E-state index >= 15 is 0 Å². The van der Waals surface area contributed by atoms with Crippen molar-refractivity contribution in [1.29, 1.82) is 0 Å². The van der Waals surface area contributed by atoms with Gasteiger partial charge in [0.15, 0.2) is 5.16 Å². The Morgan fingerprint density at radius 2 is 1.86 bits per heavy atom. The average molecular weight is 462 g/mol. The normalized spacial score (nSPS) is 11.0. The molecule has 146 valence electrons. The third-order valence-electron chi connectivity index (χ3n) is 4.01. The predicted octanol–water partition coefficient (Wildman–Crippen LogP) is 5.48. The summed E-state index contributed by atoms with van der Waals surface area (Å²) < 4.78 is 2.06. The maximum Gasteiger partial charge on any atom is 0.276 e. The number of anilines is 1. The Morgan fingerprint density at radius 1 is 1.10 bits per heavy atom. The maximum absolute atomic E-state index is 13.0. The van der Waals surface area contributed by atoms with Crippen LogP contribution in [0.3, 0.4) is 0 Å². The lowest BCUT2D eigenvalue weighted by Gasteiger charge is -2.12. The first kappa shape index (κ1) is 20.0. The number of rotatable bonds is 5. The highest BCUT2D eigenvalue weighted by Gasteiger charge is 2.16. The molecule has 0 radical (unpaired) electrons. The van der Waals surface area contributed by atoms with E-state index in [0.717, 1.165) is 0 Å². The van der Waals surface area contributed by atoms with Crippen LogP contribution in [-0.4, -0.2) is 21.2 Å². The van der Waals surface area contributed by atoms with Crippen LogP contribution in [0.15, 0.2) is 69.9 Å². The predicted molar refractivity (Wildman–Crippen MR) is 121 cm³/mol. The number of aromatic nitrogens is 2. The van der Waals surface area contributed by atoms with Crippen molar-refractivity contribution >= 4 is 68.1 Å². The van der Waals surface area contributed by atoms with E-state index in [1.165, 1.54) is 27.7 Å². The van der Waals surface area contributed by atoms with Gasteiger partial charge in [0.25, 0.3) is 5.56 Å². The zero-order valence-electron chi connectivity index (χ0n) is 14.8. The second kappa shape index (κ2) is 8.59. The van der Waals surface area contributed by atoms with Gasteiger partial charge in [0.1, 0.15) is 4.70 Å². The van der Waals surface area contributed by atoms with Gasteiger partial charge in [-0.05, 0) is 47.8 Å². The van der Waals surface area contributed by atoms with Crippen LogP contribution in [0.2, 0.25) is 10.0 Å². The van der Waals surface area contributed by atoms with Gasteiger partial charge in [0.2, 0.25) is 5.91 Å². The number of thiophene rings is 1. The molecule has 0 unspecified atom stereocenters. The average Bonchev–Trinajstić information content (AvgIpc) is 3.18. The van der Waals surface area contributed by atoms with Crippen molar-refractivity contribution in [1.82, 2.24) is 9.55 Å². The largest absolute Gasteiger partial charge is 0.324 e. The molecule has 0 aliphatic carbocycles. The minimum atomic E-state index is -0.245. The monoisotopic (exact) mass is 461 g/mol. The molecule has 0 saturated heterocycles. The highest BCUT2D eigenvalue weighted by atomic mass is 35.5. The Labute approximate surface area is 184 Å². The van der Waals surface area contributed by atoms with E-state index in [1.54, 1.807) is 54.6 Å². The Balaban J connectivity index is 1.65. The van der Waals surface area contributed by atoms with Crippen LogP contribution in [-0.2, 0) is 4.79 Å². The molecule has 0 spiro atoms. The molecule has 2 heterocycles. The van der Waals surface area contributed by atoms with E-state index in [2.05, 4.69) is 10.3 Å². The summed E-state index contributed by atoms with van der Waals surface area (Å²) in [6, 6.07) is 15.7. The van der Waals surface area contributed by atoms with Crippen molar-refractivity contribution in [2.24, 2.45) is 0 Å². The summed E-state index contributed by atoms with van der Waals surface area (Å²) in [5.41, 5.74) is 1.60. The van der Waals surface area contributed by atoms with E-state index in [9.17, 15) is 9.59 Å². The standard InChI is InChI=1S/C20H13Cl2N3O2S2/c21-12-5-7-13(8-6-12)25-19(27)18-16(9-10-28-18)24-20(25)29-11-17(26)23-15-4-2-1-3-14(15)22/h1-10H,11H2,(H,23,26). The van der Waals surface area contributed by atoms with E-state index < -0.39 is 0 Å². The Kier molecular flexibility index (Phi) is 5.91. The molecule has 0 aliphatic heterocycles. The molecule has 1 N–H and O–H groups in total. The number of hydrogen-bond donors (Lipinski definition) is 1. The molecule has 29 heavy (non-hydrogen) atoms. The Morgan fingerprint density at radius 3 is 2.62 bits per heavy atom. The van der Waals surface area contributed by atoms with Crippen molar-refractivity contribution in [2.75, 3.05) is 11.1 Å². The number of carbonyl (C=O) groups is 1. The van der Waals surface area contributed by atoms with Gasteiger partial charge in [0, 0.05) is 5.02 Å². The summed E-state index contributed by atoms with van der Waals surface area (Å²) in [7, 11) is 0. The molecule has 0 saturated carbocycles. The van der Waals surface area contributed by atoms with Crippen molar-refractivity contribution < 1.29 is 4.79 Å². The summed E-state index contributed by atoms with van der Waals surface area (Å²) in [6.45, 7) is 0. The number of thioether (sulfide) groups is 1. The minimum absolute atomic E-state index is 0.0703. The lowest BCUT2D eigenvalue weighted by atomic mass is 10.3. The number of nitrogens with zero attached hydrogens (tertiary/aromatic N) is 2. The SMILES string of the molecule is O=C(CSc1nc2ccsc2c(=O)n1-c1ccc(Cl)cc1)Nc1ccccc1Cl. The number of benzene rings is 2. The third kappa shape index (κ3) is 4.33. The summed E-state index contributed by atoms with van der Waals surface area (Å²) in [5, 5.41) is 6.05. The van der Waals surface area contributed by atoms with Crippen LogP contribution >= 0.6 is 46.3 Å². The Bertz CT molecular complexity index is 1250. The van der Waals surface area contributed by atoms with Crippen molar-refractivity contribution in [2.45, 2.75) is 5.16 Å². The highest BCUT2D eigenvalue weighted by Crippen LogP contribution is 2.25. The van der Waals surface area contributed by atoms with E-state index in [4.69, 9.17) is 23.2 Å². The number of halogens is 2. The molecule has 2 aromatic carbocycles. The van der Waals surface area contributed by atoms with Crippen molar-refractivity contribution in [3.05, 3.63) is 80.4 Å². The molecular formula is C20H13Cl2N3O2S2. The fraction of sp³-hybridized carbons (Fsp3) is 0.0500. The summed E-state index contributed by atoms with van der Waals surface area (Å²) in [6.07, 6.45) is 0. The lowest BCUT2D eigenvalue weighted by Crippen LogP contribution is -2.22. The van der Waals surface area contributed by atoms with Gasteiger partial charge in [-0.15, -0.1) is 11.3 Å². The van der Waals surface area contributed by atoms with Crippen LogP contribution in [0.1, 0.15) is 0 Å². The summed E-state index contributed by atoms with van der Waals surface area (Å²) in [4.78, 5) is 30.0. The van der Waals surface area contributed by atoms with Gasteiger partial charge in [-0.3, -0.25) is 14.2 Å². The zero-order valence-corrected chi connectivity index (χ0v) is 17.9. The number of fused-ring (bicyclic) bond motifs is 1. The van der Waals surface area contributed by atoms with Gasteiger partial charge in [0.05, 0.1) is 27.7 Å².